The first-order valence-corrected chi connectivity index (χ1v) is 10.4. The van der Waals surface area contributed by atoms with Gasteiger partial charge in [-0.2, -0.15) is 5.10 Å². The predicted molar refractivity (Wildman–Crippen MR) is 122 cm³/mol. The first-order chi connectivity index (χ1) is 13.8. The highest BCUT2D eigenvalue weighted by molar-refractivity contribution is 5.96. The van der Waals surface area contributed by atoms with Crippen LogP contribution in [0, 0.1) is 6.92 Å². The Kier molecular flexibility index (Phi) is 6.95. The molecule has 0 bridgehead atoms. The van der Waals surface area contributed by atoms with Gasteiger partial charge in [0.15, 0.2) is 0 Å². The maximum Gasteiger partial charge on any atom is 0.322 e. The van der Waals surface area contributed by atoms with Gasteiger partial charge < -0.3 is 15.5 Å². The van der Waals surface area contributed by atoms with Gasteiger partial charge in [-0.15, -0.1) is 0 Å². The fraction of sp³-hybridized carbons (Fsp3) is 0.522. The van der Waals surface area contributed by atoms with Crippen molar-refractivity contribution in [3.63, 3.8) is 0 Å². The summed E-state index contributed by atoms with van der Waals surface area (Å²) in [5.74, 6) is 0.371. The van der Waals surface area contributed by atoms with Crippen LogP contribution in [-0.4, -0.2) is 39.7 Å². The van der Waals surface area contributed by atoms with Crippen LogP contribution in [0.1, 0.15) is 59.7 Å². The molecule has 2 N–H and O–H groups in total. The van der Waals surface area contributed by atoms with E-state index in [1.807, 2.05) is 69.6 Å². The summed E-state index contributed by atoms with van der Waals surface area (Å²) in [5, 5.41) is 10.5. The molecule has 1 aromatic carbocycles. The second-order valence-electron chi connectivity index (χ2n) is 9.55. The first-order valence-electron chi connectivity index (χ1n) is 10.4. The number of para-hydroxylation sites is 1. The van der Waals surface area contributed by atoms with Crippen molar-refractivity contribution in [2.75, 3.05) is 23.7 Å². The maximum atomic E-state index is 12.8. The first kappa shape index (κ1) is 23.4. The summed E-state index contributed by atoms with van der Waals surface area (Å²) in [6.07, 6.45) is 0. The Hall–Kier alpha value is -2.83. The Morgan fingerprint density at radius 1 is 1.07 bits per heavy atom. The van der Waals surface area contributed by atoms with E-state index < -0.39 is 0 Å². The number of likely N-dealkylation sites (N-methyl/N-ethyl adjacent to an activating group) is 1. The van der Waals surface area contributed by atoms with E-state index in [0.29, 0.717) is 12.4 Å². The van der Waals surface area contributed by atoms with Gasteiger partial charge in [0.25, 0.3) is 0 Å². The predicted octanol–water partition coefficient (Wildman–Crippen LogP) is 4.74. The van der Waals surface area contributed by atoms with Gasteiger partial charge in [-0.25, -0.2) is 9.48 Å². The molecule has 1 aromatic heterocycles. The molecule has 2 aromatic rings. The molecule has 0 radical (unpaired) electrons. The molecule has 30 heavy (non-hydrogen) atoms. The highest BCUT2D eigenvalue weighted by Crippen LogP contribution is 2.28. The molecule has 0 unspecified atom stereocenters. The number of hydrogen-bond acceptors (Lipinski definition) is 3. The summed E-state index contributed by atoms with van der Waals surface area (Å²) in [6.45, 7) is 16.5. The smallest absolute Gasteiger partial charge is 0.315 e. The number of urea groups is 1. The Labute approximate surface area is 179 Å². The molecule has 0 aliphatic carbocycles. The highest BCUT2D eigenvalue weighted by atomic mass is 16.2. The largest absolute Gasteiger partial charge is 0.322 e. The number of hydrogen-bond donors (Lipinski definition) is 2. The molecular formula is C23H35N5O2. The van der Waals surface area contributed by atoms with Crippen LogP contribution >= 0.6 is 0 Å². The van der Waals surface area contributed by atoms with E-state index in [1.54, 1.807) is 0 Å². The summed E-state index contributed by atoms with van der Waals surface area (Å²) in [5.41, 5.74) is 2.17. The van der Waals surface area contributed by atoms with Crippen molar-refractivity contribution in [3.05, 3.63) is 41.6 Å². The van der Waals surface area contributed by atoms with Crippen LogP contribution in [0.4, 0.5) is 16.3 Å². The molecule has 7 heteroatoms. The van der Waals surface area contributed by atoms with Crippen molar-refractivity contribution in [2.45, 2.75) is 66.3 Å². The molecule has 1 heterocycles. The van der Waals surface area contributed by atoms with Crippen molar-refractivity contribution in [2.24, 2.45) is 0 Å². The Morgan fingerprint density at radius 2 is 1.70 bits per heavy atom. The third kappa shape index (κ3) is 5.84. The van der Waals surface area contributed by atoms with Crippen molar-refractivity contribution in [1.82, 2.24) is 14.7 Å². The van der Waals surface area contributed by atoms with E-state index in [0.717, 1.165) is 16.9 Å². The van der Waals surface area contributed by atoms with Crippen LogP contribution < -0.4 is 10.6 Å². The quantitative estimate of drug-likeness (QED) is 0.743. The van der Waals surface area contributed by atoms with Crippen LogP contribution in [0.5, 0.6) is 0 Å². The summed E-state index contributed by atoms with van der Waals surface area (Å²) in [4.78, 5) is 26.9. The molecule has 2 rings (SSSR count). The normalized spacial score (nSPS) is 11.9. The third-order valence-corrected chi connectivity index (χ3v) is 4.77. The number of nitrogens with one attached hydrogen (secondary N) is 2. The summed E-state index contributed by atoms with van der Waals surface area (Å²) in [6, 6.07) is 9.16. The molecule has 7 nitrogen and oxygen atoms in total. The second kappa shape index (κ2) is 8.90. The van der Waals surface area contributed by atoms with Crippen LogP contribution in [0.3, 0.4) is 0 Å². The fourth-order valence-electron chi connectivity index (χ4n) is 2.94. The monoisotopic (exact) mass is 413 g/mol. The van der Waals surface area contributed by atoms with Crippen LogP contribution in [-0.2, 0) is 15.7 Å². The van der Waals surface area contributed by atoms with E-state index >= 15 is 0 Å². The summed E-state index contributed by atoms with van der Waals surface area (Å²) in [7, 11) is 0. The van der Waals surface area contributed by atoms with Gasteiger partial charge in [-0.1, -0.05) is 39.0 Å². The van der Waals surface area contributed by atoms with Crippen molar-refractivity contribution in [3.8, 4) is 0 Å². The molecule has 164 valence electrons. The molecule has 0 saturated carbocycles. The van der Waals surface area contributed by atoms with Crippen LogP contribution in [0.15, 0.2) is 30.3 Å². The number of amides is 3. The van der Waals surface area contributed by atoms with E-state index in [-0.39, 0.29) is 29.4 Å². The third-order valence-electron chi connectivity index (χ3n) is 4.77. The average molecular weight is 414 g/mol. The summed E-state index contributed by atoms with van der Waals surface area (Å²) < 4.78 is 1.83. The lowest BCUT2D eigenvalue weighted by atomic mass is 9.92. The second-order valence-corrected chi connectivity index (χ2v) is 9.55. The maximum absolute atomic E-state index is 12.8. The molecule has 0 aliphatic rings. The van der Waals surface area contributed by atoms with Gasteiger partial charge >= 0.3 is 6.03 Å². The van der Waals surface area contributed by atoms with E-state index in [9.17, 15) is 9.59 Å². The van der Waals surface area contributed by atoms with Crippen molar-refractivity contribution >= 4 is 23.4 Å². The Balaban J connectivity index is 2.14. The molecular weight excluding hydrogens is 378 g/mol. The lowest BCUT2D eigenvalue weighted by Gasteiger charge is -2.24. The van der Waals surface area contributed by atoms with Crippen LogP contribution in [0.25, 0.3) is 0 Å². The van der Waals surface area contributed by atoms with Gasteiger partial charge in [0, 0.05) is 23.7 Å². The zero-order valence-electron chi connectivity index (χ0n) is 19.5. The van der Waals surface area contributed by atoms with E-state index in [4.69, 9.17) is 5.10 Å². The van der Waals surface area contributed by atoms with Crippen molar-refractivity contribution < 1.29 is 9.59 Å². The molecule has 0 spiro atoms. The minimum absolute atomic E-state index is 0.0472. The molecule has 0 atom stereocenters. The standard InChI is InChI=1S/C23H35N5O2/c1-9-27(21(30)24-17-13-11-10-12-16(17)2)15-20(29)25-19-14-18(22(3,4)5)26-28(19)23(6,7)8/h10-14H,9,15H2,1-8H3,(H,24,30)(H,25,29). The van der Waals surface area contributed by atoms with Crippen LogP contribution in [0.2, 0.25) is 0 Å². The zero-order valence-corrected chi connectivity index (χ0v) is 19.5. The van der Waals surface area contributed by atoms with Gasteiger partial charge in [0.1, 0.15) is 12.4 Å². The molecule has 3 amide bonds. The number of aromatic nitrogens is 2. The lowest BCUT2D eigenvalue weighted by molar-refractivity contribution is -0.116. The number of carbonyl (C=O) groups is 2. The SMILES string of the molecule is CCN(CC(=O)Nc1cc(C(C)(C)C)nn1C(C)(C)C)C(=O)Nc1ccccc1C. The summed E-state index contributed by atoms with van der Waals surface area (Å²) >= 11 is 0. The minimum Gasteiger partial charge on any atom is -0.315 e. The topological polar surface area (TPSA) is 79.3 Å². The molecule has 0 fully saturated rings. The number of aryl methyl sites for hydroxylation is 1. The van der Waals surface area contributed by atoms with Gasteiger partial charge in [0.05, 0.1) is 11.2 Å². The lowest BCUT2D eigenvalue weighted by Crippen LogP contribution is -2.41. The molecule has 0 aliphatic heterocycles. The average Bonchev–Trinajstić information content (AvgIpc) is 3.06. The highest BCUT2D eigenvalue weighted by Gasteiger charge is 2.26. The van der Waals surface area contributed by atoms with Crippen molar-refractivity contribution in [1.29, 1.82) is 0 Å². The number of anilines is 2. The number of rotatable bonds is 5. The Morgan fingerprint density at radius 3 is 2.23 bits per heavy atom. The van der Waals surface area contributed by atoms with E-state index in [2.05, 4.69) is 31.4 Å². The van der Waals surface area contributed by atoms with Gasteiger partial charge in [-0.05, 0) is 46.2 Å². The fourth-order valence-corrected chi connectivity index (χ4v) is 2.94. The van der Waals surface area contributed by atoms with Gasteiger partial charge in [0.2, 0.25) is 5.91 Å². The minimum atomic E-state index is -0.304. The zero-order chi connectivity index (χ0) is 22.7. The number of carbonyl (C=O) groups excluding carboxylic acids is 2. The number of benzene rings is 1. The number of nitrogens with zero attached hydrogens (tertiary/aromatic N) is 3. The Bertz CT molecular complexity index is 903. The molecule has 0 saturated heterocycles. The van der Waals surface area contributed by atoms with E-state index in [1.165, 1.54) is 4.90 Å². The van der Waals surface area contributed by atoms with Gasteiger partial charge in [-0.3, -0.25) is 4.79 Å².